The molecule has 0 aliphatic carbocycles. The molecule has 1 heterocycles. The number of carbonyl (C=O) groups excluding carboxylic acids is 2. The molecule has 6 nitrogen and oxygen atoms in total. The molecule has 1 amide bonds. The smallest absolute Gasteiger partial charge is 0.300 e. The average molecular weight is 506 g/mol. The van der Waals surface area contributed by atoms with E-state index in [9.17, 15) is 14.7 Å². The van der Waals surface area contributed by atoms with Crippen LogP contribution in [-0.4, -0.2) is 23.9 Å². The van der Waals surface area contributed by atoms with Crippen molar-refractivity contribution in [2.75, 3.05) is 12.0 Å². The second-order valence-electron chi connectivity index (χ2n) is 9.05. The summed E-state index contributed by atoms with van der Waals surface area (Å²) in [6, 6.07) is 30.5. The molecule has 0 saturated carbocycles. The zero-order chi connectivity index (χ0) is 26.6. The van der Waals surface area contributed by atoms with Crippen LogP contribution >= 0.6 is 0 Å². The Labute approximate surface area is 221 Å². The summed E-state index contributed by atoms with van der Waals surface area (Å²) >= 11 is 0. The van der Waals surface area contributed by atoms with Gasteiger partial charge in [-0.3, -0.25) is 14.5 Å². The van der Waals surface area contributed by atoms with Crippen LogP contribution < -0.4 is 14.4 Å². The number of carbonyl (C=O) groups is 2. The number of ketones is 1. The van der Waals surface area contributed by atoms with Crippen molar-refractivity contribution in [2.45, 2.75) is 19.6 Å². The highest BCUT2D eigenvalue weighted by Gasteiger charge is 2.47. The van der Waals surface area contributed by atoms with Gasteiger partial charge in [0.25, 0.3) is 11.7 Å². The number of methoxy groups -OCH3 is 1. The quantitative estimate of drug-likeness (QED) is 0.184. The van der Waals surface area contributed by atoms with Gasteiger partial charge in [-0.15, -0.1) is 0 Å². The number of anilines is 1. The van der Waals surface area contributed by atoms with E-state index in [1.165, 1.54) is 12.0 Å². The van der Waals surface area contributed by atoms with Crippen LogP contribution in [0.2, 0.25) is 0 Å². The van der Waals surface area contributed by atoms with Gasteiger partial charge in [-0.2, -0.15) is 0 Å². The Morgan fingerprint density at radius 2 is 1.53 bits per heavy atom. The number of nitrogens with zero attached hydrogens (tertiary/aromatic N) is 1. The predicted octanol–water partition coefficient (Wildman–Crippen LogP) is 6.21. The fraction of sp³-hybridized carbons (Fsp3) is 0.125. The molecule has 1 saturated heterocycles. The molecule has 1 aliphatic heterocycles. The molecule has 1 atom stereocenters. The van der Waals surface area contributed by atoms with Gasteiger partial charge in [0.2, 0.25) is 0 Å². The lowest BCUT2D eigenvalue weighted by atomic mass is 9.94. The first kappa shape index (κ1) is 24.8. The Morgan fingerprint density at radius 1 is 0.868 bits per heavy atom. The van der Waals surface area contributed by atoms with Gasteiger partial charge in [-0.05, 0) is 54.4 Å². The van der Waals surface area contributed by atoms with Gasteiger partial charge >= 0.3 is 0 Å². The van der Waals surface area contributed by atoms with Gasteiger partial charge in [0.1, 0.15) is 23.9 Å². The third kappa shape index (κ3) is 4.76. The molecular weight excluding hydrogens is 478 g/mol. The number of amides is 1. The number of aliphatic hydroxyl groups excluding tert-OH is 1. The third-order valence-corrected chi connectivity index (χ3v) is 6.53. The van der Waals surface area contributed by atoms with Gasteiger partial charge < -0.3 is 14.6 Å². The summed E-state index contributed by atoms with van der Waals surface area (Å²) in [7, 11) is 1.50. The lowest BCUT2D eigenvalue weighted by Gasteiger charge is -2.25. The van der Waals surface area contributed by atoms with E-state index in [2.05, 4.69) is 0 Å². The van der Waals surface area contributed by atoms with Crippen molar-refractivity contribution in [3.8, 4) is 11.5 Å². The summed E-state index contributed by atoms with van der Waals surface area (Å²) in [6.07, 6.45) is 0. The van der Waals surface area contributed by atoms with Crippen molar-refractivity contribution < 1.29 is 24.2 Å². The summed E-state index contributed by atoms with van der Waals surface area (Å²) in [5, 5.41) is 11.5. The Balaban J connectivity index is 1.58. The lowest BCUT2D eigenvalue weighted by Crippen LogP contribution is -2.29. The van der Waals surface area contributed by atoms with E-state index in [1.54, 1.807) is 48.5 Å². The standard InChI is InChI=1S/C32H27NO5/c1-21-13-18-27(37-2)26(19-21)30(34)28-29(33(32(36)31(28)35)24-11-7-4-8-12-24)23-14-16-25(17-15-23)38-20-22-9-5-3-6-10-22/h3-19,29,34H,20H2,1-2H3/b30-28+. The van der Waals surface area contributed by atoms with Crippen molar-refractivity contribution in [1.29, 1.82) is 0 Å². The van der Waals surface area contributed by atoms with Crippen LogP contribution in [0.15, 0.2) is 109 Å². The number of rotatable bonds is 7. The zero-order valence-corrected chi connectivity index (χ0v) is 21.1. The minimum atomic E-state index is -0.842. The van der Waals surface area contributed by atoms with E-state index in [4.69, 9.17) is 9.47 Å². The maximum atomic E-state index is 13.4. The minimum Gasteiger partial charge on any atom is -0.507 e. The molecule has 38 heavy (non-hydrogen) atoms. The normalized spacial score (nSPS) is 16.5. The molecule has 0 radical (unpaired) electrons. The van der Waals surface area contributed by atoms with Crippen molar-refractivity contribution in [1.82, 2.24) is 0 Å². The first-order chi connectivity index (χ1) is 18.5. The molecule has 1 unspecified atom stereocenters. The monoisotopic (exact) mass is 505 g/mol. The van der Waals surface area contributed by atoms with E-state index in [-0.39, 0.29) is 11.3 Å². The second kappa shape index (κ2) is 10.6. The molecule has 1 N–H and O–H groups in total. The Hall–Kier alpha value is -4.84. The highest BCUT2D eigenvalue weighted by Crippen LogP contribution is 2.43. The lowest BCUT2D eigenvalue weighted by molar-refractivity contribution is -0.132. The number of aryl methyl sites for hydroxylation is 1. The Bertz CT molecular complexity index is 1490. The van der Waals surface area contributed by atoms with Crippen LogP contribution in [0.5, 0.6) is 11.5 Å². The molecule has 0 bridgehead atoms. The van der Waals surface area contributed by atoms with Gasteiger partial charge in [0, 0.05) is 5.69 Å². The van der Waals surface area contributed by atoms with Crippen molar-refractivity contribution in [3.63, 3.8) is 0 Å². The SMILES string of the molecule is COc1ccc(C)cc1/C(O)=C1\C(=O)C(=O)N(c2ccccc2)C1c1ccc(OCc2ccccc2)cc1. The molecule has 0 aromatic heterocycles. The highest BCUT2D eigenvalue weighted by atomic mass is 16.5. The van der Waals surface area contributed by atoms with Crippen molar-refractivity contribution in [2.24, 2.45) is 0 Å². The zero-order valence-electron chi connectivity index (χ0n) is 21.1. The first-order valence-electron chi connectivity index (χ1n) is 12.3. The predicted molar refractivity (Wildman–Crippen MR) is 146 cm³/mol. The van der Waals surface area contributed by atoms with Crippen LogP contribution in [0.1, 0.15) is 28.3 Å². The number of hydrogen-bond donors (Lipinski definition) is 1. The molecule has 0 spiro atoms. The molecule has 5 rings (SSSR count). The van der Waals surface area contributed by atoms with E-state index in [1.807, 2.05) is 61.5 Å². The summed E-state index contributed by atoms with van der Waals surface area (Å²) < 4.78 is 11.4. The summed E-state index contributed by atoms with van der Waals surface area (Å²) in [5.41, 5.74) is 3.49. The van der Waals surface area contributed by atoms with E-state index < -0.39 is 17.7 Å². The van der Waals surface area contributed by atoms with E-state index >= 15 is 0 Å². The summed E-state index contributed by atoms with van der Waals surface area (Å²) in [6.45, 7) is 2.29. The average Bonchev–Trinajstić information content (AvgIpc) is 3.22. The van der Waals surface area contributed by atoms with E-state index in [0.717, 1.165) is 11.1 Å². The van der Waals surface area contributed by atoms with Crippen LogP contribution in [0.3, 0.4) is 0 Å². The van der Waals surface area contributed by atoms with Crippen LogP contribution in [-0.2, 0) is 16.2 Å². The highest BCUT2D eigenvalue weighted by molar-refractivity contribution is 6.51. The van der Waals surface area contributed by atoms with Crippen LogP contribution in [0, 0.1) is 6.92 Å². The number of hydrogen-bond acceptors (Lipinski definition) is 5. The van der Waals surface area contributed by atoms with Gasteiger partial charge in [0.15, 0.2) is 0 Å². The topological polar surface area (TPSA) is 76.1 Å². The molecule has 190 valence electrons. The van der Waals surface area contributed by atoms with Gasteiger partial charge in [0.05, 0.1) is 24.3 Å². The maximum Gasteiger partial charge on any atom is 0.300 e. The number of benzene rings is 4. The van der Waals surface area contributed by atoms with Gasteiger partial charge in [-0.25, -0.2) is 0 Å². The largest absolute Gasteiger partial charge is 0.507 e. The number of aliphatic hydroxyl groups is 1. The first-order valence-corrected chi connectivity index (χ1v) is 12.3. The second-order valence-corrected chi connectivity index (χ2v) is 9.05. The third-order valence-electron chi connectivity index (χ3n) is 6.53. The molecular formula is C32H27NO5. The molecule has 4 aromatic rings. The van der Waals surface area contributed by atoms with Crippen molar-refractivity contribution >= 4 is 23.1 Å². The fourth-order valence-electron chi connectivity index (χ4n) is 4.64. The van der Waals surface area contributed by atoms with Crippen molar-refractivity contribution in [3.05, 3.63) is 131 Å². The molecule has 6 heteroatoms. The fourth-order valence-corrected chi connectivity index (χ4v) is 4.64. The minimum absolute atomic E-state index is 0.000655. The number of ether oxygens (including phenoxy) is 2. The Kier molecular flexibility index (Phi) is 6.96. The molecule has 1 fully saturated rings. The number of para-hydroxylation sites is 1. The maximum absolute atomic E-state index is 13.4. The Morgan fingerprint density at radius 3 is 2.18 bits per heavy atom. The molecule has 4 aromatic carbocycles. The van der Waals surface area contributed by atoms with Crippen LogP contribution in [0.4, 0.5) is 5.69 Å². The van der Waals surface area contributed by atoms with Gasteiger partial charge in [-0.1, -0.05) is 72.3 Å². The van der Waals surface area contributed by atoms with E-state index in [0.29, 0.717) is 34.9 Å². The number of Topliss-reactive ketones (excluding diaryl/α,β-unsaturated/α-hetero) is 1. The summed E-state index contributed by atoms with van der Waals surface area (Å²) in [5.74, 6) is -0.697. The summed E-state index contributed by atoms with van der Waals surface area (Å²) in [4.78, 5) is 28.2. The van der Waals surface area contributed by atoms with Crippen LogP contribution in [0.25, 0.3) is 5.76 Å². The molecule has 1 aliphatic rings.